The van der Waals surface area contributed by atoms with Gasteiger partial charge in [0.25, 0.3) is 5.91 Å². The van der Waals surface area contributed by atoms with Crippen LogP contribution >= 0.6 is 0 Å². The van der Waals surface area contributed by atoms with Crippen molar-refractivity contribution in [2.24, 2.45) is 0 Å². The van der Waals surface area contributed by atoms with Crippen molar-refractivity contribution in [3.05, 3.63) is 65.6 Å². The molecule has 1 saturated heterocycles. The van der Waals surface area contributed by atoms with Gasteiger partial charge in [0.15, 0.2) is 0 Å². The summed E-state index contributed by atoms with van der Waals surface area (Å²) in [6.07, 6.45) is 5.11. The van der Waals surface area contributed by atoms with Gasteiger partial charge in [0.1, 0.15) is 0 Å². The SMILES string of the molecule is Cc1ccc(C(=O)N2CC[C@@H](NC(=O)NCCc3c[nH]c4ccccc34)C2)cn1. The number of para-hydroxylation sites is 1. The predicted molar refractivity (Wildman–Crippen MR) is 112 cm³/mol. The Morgan fingerprint density at radius 3 is 2.93 bits per heavy atom. The Bertz CT molecular complexity index is 1010. The van der Waals surface area contributed by atoms with Crippen LogP contribution in [0.3, 0.4) is 0 Å². The molecule has 0 aliphatic carbocycles. The highest BCUT2D eigenvalue weighted by molar-refractivity contribution is 5.94. The Balaban J connectivity index is 1.23. The normalized spacial score (nSPS) is 16.2. The Morgan fingerprint density at radius 1 is 1.24 bits per heavy atom. The molecule has 29 heavy (non-hydrogen) atoms. The number of H-pyrrole nitrogens is 1. The van der Waals surface area contributed by atoms with Crippen molar-refractivity contribution in [3.8, 4) is 0 Å². The molecule has 0 saturated carbocycles. The van der Waals surface area contributed by atoms with Crippen LogP contribution in [0.1, 0.15) is 28.0 Å². The second-order valence-corrected chi connectivity index (χ2v) is 7.43. The van der Waals surface area contributed by atoms with Crippen LogP contribution in [0.25, 0.3) is 10.9 Å². The van der Waals surface area contributed by atoms with Crippen LogP contribution in [0.5, 0.6) is 0 Å². The second kappa shape index (κ2) is 8.34. The van der Waals surface area contributed by atoms with E-state index in [9.17, 15) is 9.59 Å². The average Bonchev–Trinajstić information content (AvgIpc) is 3.35. The molecule has 7 nitrogen and oxygen atoms in total. The number of benzene rings is 1. The third-order valence-corrected chi connectivity index (χ3v) is 5.32. The first-order valence-electron chi connectivity index (χ1n) is 9.91. The molecule has 0 unspecified atom stereocenters. The summed E-state index contributed by atoms with van der Waals surface area (Å²) in [6, 6.07) is 11.5. The molecule has 1 aliphatic rings. The van der Waals surface area contributed by atoms with Gasteiger partial charge in [0.05, 0.1) is 5.56 Å². The summed E-state index contributed by atoms with van der Waals surface area (Å²) < 4.78 is 0. The molecule has 150 valence electrons. The molecule has 1 aliphatic heterocycles. The molecule has 3 aromatic rings. The van der Waals surface area contributed by atoms with Crippen molar-refractivity contribution in [2.75, 3.05) is 19.6 Å². The van der Waals surface area contributed by atoms with Crippen LogP contribution in [0.2, 0.25) is 0 Å². The van der Waals surface area contributed by atoms with Crippen molar-refractivity contribution in [2.45, 2.75) is 25.8 Å². The van der Waals surface area contributed by atoms with E-state index in [-0.39, 0.29) is 18.0 Å². The highest BCUT2D eigenvalue weighted by Crippen LogP contribution is 2.17. The standard InChI is InChI=1S/C22H25N5O2/c1-15-6-7-17(13-24-15)21(28)27-11-9-18(14-27)26-22(29)23-10-8-16-12-25-20-5-3-2-4-19(16)20/h2-7,12-13,18,25H,8-11,14H2,1H3,(H2,23,26,29)/t18-/m1/s1. The summed E-state index contributed by atoms with van der Waals surface area (Å²) in [4.78, 5) is 34.0. The first kappa shape index (κ1) is 19.0. The van der Waals surface area contributed by atoms with Gasteiger partial charge in [-0.2, -0.15) is 0 Å². The fourth-order valence-corrected chi connectivity index (χ4v) is 3.73. The summed E-state index contributed by atoms with van der Waals surface area (Å²) >= 11 is 0. The number of fused-ring (bicyclic) bond motifs is 1. The average molecular weight is 391 g/mol. The Kier molecular flexibility index (Phi) is 5.46. The maximum absolute atomic E-state index is 12.6. The van der Waals surface area contributed by atoms with E-state index in [0.29, 0.717) is 25.2 Å². The quantitative estimate of drug-likeness (QED) is 0.625. The number of nitrogens with one attached hydrogen (secondary N) is 3. The lowest BCUT2D eigenvalue weighted by molar-refractivity contribution is 0.0789. The number of urea groups is 1. The predicted octanol–water partition coefficient (Wildman–Crippen LogP) is 2.63. The zero-order valence-electron chi connectivity index (χ0n) is 16.4. The van der Waals surface area contributed by atoms with Crippen LogP contribution < -0.4 is 10.6 Å². The van der Waals surface area contributed by atoms with E-state index >= 15 is 0 Å². The minimum Gasteiger partial charge on any atom is -0.361 e. The zero-order valence-corrected chi connectivity index (χ0v) is 16.4. The molecule has 0 bridgehead atoms. The van der Waals surface area contributed by atoms with Gasteiger partial charge in [0.2, 0.25) is 0 Å². The number of rotatable bonds is 5. The van der Waals surface area contributed by atoms with Crippen molar-refractivity contribution in [3.63, 3.8) is 0 Å². The van der Waals surface area contributed by atoms with E-state index in [1.807, 2.05) is 37.4 Å². The van der Waals surface area contributed by atoms with E-state index < -0.39 is 0 Å². The van der Waals surface area contributed by atoms with E-state index in [1.54, 1.807) is 17.2 Å². The molecule has 7 heteroatoms. The number of carbonyl (C=O) groups excluding carboxylic acids is 2. The maximum atomic E-state index is 12.6. The lowest BCUT2D eigenvalue weighted by Gasteiger charge is -2.17. The highest BCUT2D eigenvalue weighted by atomic mass is 16.2. The lowest BCUT2D eigenvalue weighted by atomic mass is 10.1. The number of aryl methyl sites for hydroxylation is 1. The number of aromatic nitrogens is 2. The zero-order chi connectivity index (χ0) is 20.2. The van der Waals surface area contributed by atoms with Crippen molar-refractivity contribution in [1.82, 2.24) is 25.5 Å². The van der Waals surface area contributed by atoms with Crippen LogP contribution in [0.4, 0.5) is 4.79 Å². The molecule has 1 fully saturated rings. The van der Waals surface area contributed by atoms with Gasteiger partial charge < -0.3 is 20.5 Å². The number of nitrogens with zero attached hydrogens (tertiary/aromatic N) is 2. The summed E-state index contributed by atoms with van der Waals surface area (Å²) in [5.41, 5.74) is 3.75. The molecular weight excluding hydrogens is 366 g/mol. The van der Waals surface area contributed by atoms with Gasteiger partial charge in [-0.05, 0) is 43.5 Å². The number of carbonyl (C=O) groups is 2. The molecule has 3 N–H and O–H groups in total. The fraction of sp³-hybridized carbons (Fsp3) is 0.318. The van der Waals surface area contributed by atoms with Crippen LogP contribution in [-0.2, 0) is 6.42 Å². The third kappa shape index (κ3) is 4.39. The first-order valence-corrected chi connectivity index (χ1v) is 9.91. The van der Waals surface area contributed by atoms with Crippen molar-refractivity contribution < 1.29 is 9.59 Å². The van der Waals surface area contributed by atoms with E-state index in [1.165, 1.54) is 10.9 Å². The monoisotopic (exact) mass is 391 g/mol. The maximum Gasteiger partial charge on any atom is 0.315 e. The summed E-state index contributed by atoms with van der Waals surface area (Å²) in [5, 5.41) is 7.08. The van der Waals surface area contributed by atoms with Gasteiger partial charge in [-0.15, -0.1) is 0 Å². The van der Waals surface area contributed by atoms with Gasteiger partial charge >= 0.3 is 6.03 Å². The largest absolute Gasteiger partial charge is 0.361 e. The van der Waals surface area contributed by atoms with Crippen molar-refractivity contribution >= 4 is 22.8 Å². The molecule has 1 aromatic carbocycles. The van der Waals surface area contributed by atoms with Crippen molar-refractivity contribution in [1.29, 1.82) is 0 Å². The molecule has 3 heterocycles. The van der Waals surface area contributed by atoms with E-state index in [4.69, 9.17) is 0 Å². The van der Waals surface area contributed by atoms with E-state index in [2.05, 4.69) is 26.7 Å². The Labute approximate surface area is 169 Å². The molecule has 0 radical (unpaired) electrons. The minimum absolute atomic E-state index is 0.0366. The van der Waals surface area contributed by atoms with Gasteiger partial charge in [-0.25, -0.2) is 4.79 Å². The smallest absolute Gasteiger partial charge is 0.315 e. The van der Waals surface area contributed by atoms with Crippen LogP contribution in [0, 0.1) is 6.92 Å². The third-order valence-electron chi connectivity index (χ3n) is 5.32. The minimum atomic E-state index is -0.193. The van der Waals surface area contributed by atoms with Gasteiger partial charge in [-0.1, -0.05) is 18.2 Å². The highest BCUT2D eigenvalue weighted by Gasteiger charge is 2.28. The Hall–Kier alpha value is -3.35. The fourth-order valence-electron chi connectivity index (χ4n) is 3.73. The summed E-state index contributed by atoms with van der Waals surface area (Å²) in [7, 11) is 0. The topological polar surface area (TPSA) is 90.1 Å². The number of amides is 3. The molecule has 0 spiro atoms. The molecule has 3 amide bonds. The molecule has 1 atom stereocenters. The number of hydrogen-bond donors (Lipinski definition) is 3. The first-order chi connectivity index (χ1) is 14.1. The Morgan fingerprint density at radius 2 is 2.10 bits per heavy atom. The van der Waals surface area contributed by atoms with Gasteiger partial charge in [0, 0.05) is 54.7 Å². The second-order valence-electron chi connectivity index (χ2n) is 7.43. The molecular formula is C22H25N5O2. The number of hydrogen-bond acceptors (Lipinski definition) is 3. The summed E-state index contributed by atoms with van der Waals surface area (Å²) in [6.45, 7) is 3.59. The van der Waals surface area contributed by atoms with Gasteiger partial charge in [-0.3, -0.25) is 9.78 Å². The summed E-state index contributed by atoms with van der Waals surface area (Å²) in [5.74, 6) is -0.0402. The number of pyridine rings is 1. The van der Waals surface area contributed by atoms with Crippen LogP contribution in [-0.4, -0.2) is 52.5 Å². The number of aromatic amines is 1. The molecule has 2 aromatic heterocycles. The van der Waals surface area contributed by atoms with E-state index in [0.717, 1.165) is 24.1 Å². The number of likely N-dealkylation sites (tertiary alicyclic amines) is 1. The lowest BCUT2D eigenvalue weighted by Crippen LogP contribution is -2.44. The molecule has 4 rings (SSSR count). The van der Waals surface area contributed by atoms with Crippen LogP contribution in [0.15, 0.2) is 48.8 Å².